The summed E-state index contributed by atoms with van der Waals surface area (Å²) >= 11 is 0. The normalized spacial score (nSPS) is 11.4. The number of carboxylic acids is 1. The smallest absolute Gasteiger partial charge is 0.372 e. The van der Waals surface area contributed by atoms with E-state index in [4.69, 9.17) is 5.11 Å². The zero-order chi connectivity index (χ0) is 11.6. The van der Waals surface area contributed by atoms with Crippen LogP contribution in [0.5, 0.6) is 0 Å². The van der Waals surface area contributed by atoms with E-state index in [-0.39, 0.29) is 12.0 Å². The van der Waals surface area contributed by atoms with Crippen LogP contribution in [0.4, 0.5) is 0 Å². The van der Waals surface area contributed by atoms with E-state index in [1.54, 1.807) is 10.9 Å². The highest BCUT2D eigenvalue weighted by atomic mass is 16.4. The predicted molar refractivity (Wildman–Crippen MR) is 53.6 cm³/mol. The number of rotatable bonds is 3. The Labute approximate surface area is 87.7 Å². The van der Waals surface area contributed by atoms with Crippen LogP contribution in [-0.2, 0) is 21.5 Å². The van der Waals surface area contributed by atoms with Gasteiger partial charge in [-0.15, -0.1) is 0 Å². The van der Waals surface area contributed by atoms with Gasteiger partial charge in [-0.05, 0) is 26.3 Å². The monoisotopic (exact) mass is 210 g/mol. The van der Waals surface area contributed by atoms with Crippen LogP contribution in [0.25, 0.3) is 0 Å². The third kappa shape index (κ3) is 2.90. The molecule has 0 spiro atoms. The van der Waals surface area contributed by atoms with Crippen LogP contribution in [-0.4, -0.2) is 26.6 Å². The zero-order valence-corrected chi connectivity index (χ0v) is 9.02. The Morgan fingerprint density at radius 2 is 2.07 bits per heavy atom. The second-order valence-electron chi connectivity index (χ2n) is 4.37. The average molecular weight is 210 g/mol. The lowest BCUT2D eigenvalue weighted by Gasteiger charge is -2.18. The van der Waals surface area contributed by atoms with Crippen molar-refractivity contribution < 1.29 is 14.7 Å². The summed E-state index contributed by atoms with van der Waals surface area (Å²) in [4.78, 5) is 21.3. The molecule has 0 bridgehead atoms. The van der Waals surface area contributed by atoms with Crippen molar-refractivity contribution in [2.24, 2.45) is 0 Å². The minimum Gasteiger partial charge on any atom is -0.475 e. The molecule has 1 aromatic rings. The molecule has 0 fully saturated rings. The molecule has 0 aromatic carbocycles. The molecule has 1 aromatic heterocycles. The topological polar surface area (TPSA) is 72.2 Å². The Balaban J connectivity index is 2.78. The van der Waals surface area contributed by atoms with Crippen molar-refractivity contribution in [1.29, 1.82) is 0 Å². The predicted octanol–water partition coefficient (Wildman–Crippen LogP) is 0.834. The van der Waals surface area contributed by atoms with Crippen LogP contribution >= 0.6 is 0 Å². The molecule has 0 aliphatic carbocycles. The van der Waals surface area contributed by atoms with E-state index in [2.05, 4.69) is 5.10 Å². The lowest BCUT2D eigenvalue weighted by Crippen LogP contribution is -2.22. The number of nitrogens with zero attached hydrogens (tertiary/aromatic N) is 2. The standard InChI is InChI=1S/C10H14N2O3/c1-10(2,3)12-6-7(5-11-12)4-8(13)9(14)15/h5-6H,4H2,1-3H3,(H,14,15). The first-order valence-corrected chi connectivity index (χ1v) is 4.61. The minimum absolute atomic E-state index is 0.106. The van der Waals surface area contributed by atoms with Crippen molar-refractivity contribution in [2.45, 2.75) is 32.7 Å². The van der Waals surface area contributed by atoms with Gasteiger partial charge in [0.05, 0.1) is 11.7 Å². The van der Waals surface area contributed by atoms with Gasteiger partial charge in [0.1, 0.15) is 0 Å². The Morgan fingerprint density at radius 1 is 1.47 bits per heavy atom. The molecule has 0 radical (unpaired) electrons. The number of hydrogen-bond acceptors (Lipinski definition) is 3. The molecule has 5 heteroatoms. The SMILES string of the molecule is CC(C)(C)n1cc(CC(=O)C(=O)O)cn1. The lowest BCUT2D eigenvalue weighted by atomic mass is 10.1. The zero-order valence-electron chi connectivity index (χ0n) is 9.02. The maximum atomic E-state index is 10.9. The second kappa shape index (κ2) is 3.84. The van der Waals surface area contributed by atoms with Gasteiger partial charge in [0.2, 0.25) is 5.78 Å². The van der Waals surface area contributed by atoms with Gasteiger partial charge in [-0.2, -0.15) is 5.10 Å². The van der Waals surface area contributed by atoms with Crippen LogP contribution in [0, 0.1) is 0 Å². The number of Topliss-reactive ketones (excluding diaryl/α,β-unsaturated/α-hetero) is 1. The van der Waals surface area contributed by atoms with Crippen molar-refractivity contribution in [1.82, 2.24) is 9.78 Å². The van der Waals surface area contributed by atoms with Gasteiger partial charge in [0.25, 0.3) is 0 Å². The summed E-state index contributed by atoms with van der Waals surface area (Å²) in [5, 5.41) is 12.5. The highest BCUT2D eigenvalue weighted by Crippen LogP contribution is 2.13. The fraction of sp³-hybridized carbons (Fsp3) is 0.500. The van der Waals surface area contributed by atoms with Crippen LogP contribution in [0.3, 0.4) is 0 Å². The van der Waals surface area contributed by atoms with E-state index in [0.29, 0.717) is 5.56 Å². The van der Waals surface area contributed by atoms with E-state index < -0.39 is 11.8 Å². The largest absolute Gasteiger partial charge is 0.475 e. The molecule has 5 nitrogen and oxygen atoms in total. The maximum Gasteiger partial charge on any atom is 0.372 e. The highest BCUT2D eigenvalue weighted by molar-refractivity contribution is 6.33. The van der Waals surface area contributed by atoms with Crippen LogP contribution < -0.4 is 0 Å². The molecule has 0 unspecified atom stereocenters. The van der Waals surface area contributed by atoms with Gasteiger partial charge in [0.15, 0.2) is 0 Å². The molecule has 0 atom stereocenters. The second-order valence-corrected chi connectivity index (χ2v) is 4.37. The Morgan fingerprint density at radius 3 is 2.47 bits per heavy atom. The summed E-state index contributed by atoms with van der Waals surface area (Å²) in [5.74, 6) is -2.22. The molecule has 0 aliphatic heterocycles. The summed E-state index contributed by atoms with van der Waals surface area (Å²) in [7, 11) is 0. The Hall–Kier alpha value is -1.65. The lowest BCUT2D eigenvalue weighted by molar-refractivity contribution is -0.148. The van der Waals surface area contributed by atoms with Crippen molar-refractivity contribution >= 4 is 11.8 Å². The summed E-state index contributed by atoms with van der Waals surface area (Å²) < 4.78 is 1.71. The molecule has 0 saturated carbocycles. The first-order valence-electron chi connectivity index (χ1n) is 4.61. The van der Waals surface area contributed by atoms with Crippen molar-refractivity contribution in [3.05, 3.63) is 18.0 Å². The fourth-order valence-corrected chi connectivity index (χ4v) is 1.08. The maximum absolute atomic E-state index is 10.9. The molecule has 1 N–H and O–H groups in total. The van der Waals surface area contributed by atoms with Crippen LogP contribution in [0.1, 0.15) is 26.3 Å². The quantitative estimate of drug-likeness (QED) is 0.750. The third-order valence-corrected chi connectivity index (χ3v) is 1.93. The Kier molecular flexibility index (Phi) is 2.93. The summed E-state index contributed by atoms with van der Waals surface area (Å²) in [5.41, 5.74) is 0.460. The molecule has 15 heavy (non-hydrogen) atoms. The third-order valence-electron chi connectivity index (χ3n) is 1.93. The summed E-state index contributed by atoms with van der Waals surface area (Å²) in [6.07, 6.45) is 3.11. The van der Waals surface area contributed by atoms with Crippen molar-refractivity contribution in [2.75, 3.05) is 0 Å². The van der Waals surface area contributed by atoms with E-state index in [1.165, 1.54) is 6.20 Å². The number of carbonyl (C=O) groups is 2. The van der Waals surface area contributed by atoms with Gasteiger partial charge < -0.3 is 5.11 Å². The van der Waals surface area contributed by atoms with E-state index in [0.717, 1.165) is 0 Å². The van der Waals surface area contributed by atoms with Gasteiger partial charge in [0, 0.05) is 12.6 Å². The number of carboxylic acid groups (broad SMARTS) is 1. The summed E-state index contributed by atoms with van der Waals surface area (Å²) in [6, 6.07) is 0. The number of ketones is 1. The number of aliphatic carboxylic acids is 1. The van der Waals surface area contributed by atoms with Gasteiger partial charge in [-0.3, -0.25) is 9.48 Å². The summed E-state index contributed by atoms with van der Waals surface area (Å²) in [6.45, 7) is 5.92. The van der Waals surface area contributed by atoms with E-state index >= 15 is 0 Å². The first-order chi connectivity index (χ1) is 6.80. The molecule has 0 aliphatic rings. The van der Waals surface area contributed by atoms with Crippen molar-refractivity contribution in [3.8, 4) is 0 Å². The molecule has 0 amide bonds. The van der Waals surface area contributed by atoms with Gasteiger partial charge >= 0.3 is 5.97 Å². The molecule has 82 valence electrons. The molecule has 0 saturated heterocycles. The van der Waals surface area contributed by atoms with Crippen LogP contribution in [0.2, 0.25) is 0 Å². The number of hydrogen-bond donors (Lipinski definition) is 1. The molecule has 1 heterocycles. The number of aromatic nitrogens is 2. The number of carbonyl (C=O) groups excluding carboxylic acids is 1. The Bertz CT molecular complexity index is 388. The first kappa shape index (κ1) is 11.4. The molecular weight excluding hydrogens is 196 g/mol. The molecular formula is C10H14N2O3. The minimum atomic E-state index is -1.40. The fourth-order valence-electron chi connectivity index (χ4n) is 1.08. The van der Waals surface area contributed by atoms with Gasteiger partial charge in [-0.1, -0.05) is 0 Å². The average Bonchev–Trinajstić information content (AvgIpc) is 2.51. The highest BCUT2D eigenvalue weighted by Gasteiger charge is 2.17. The van der Waals surface area contributed by atoms with Gasteiger partial charge in [-0.25, -0.2) is 4.79 Å². The van der Waals surface area contributed by atoms with Crippen molar-refractivity contribution in [3.63, 3.8) is 0 Å². The van der Waals surface area contributed by atoms with E-state index in [1.807, 2.05) is 20.8 Å². The van der Waals surface area contributed by atoms with E-state index in [9.17, 15) is 9.59 Å². The van der Waals surface area contributed by atoms with Crippen LogP contribution in [0.15, 0.2) is 12.4 Å². The molecule has 1 rings (SSSR count).